The first-order valence-corrected chi connectivity index (χ1v) is 9.12. The van der Waals surface area contributed by atoms with E-state index < -0.39 is 0 Å². The molecule has 2 heterocycles. The van der Waals surface area contributed by atoms with Crippen LogP contribution in [-0.4, -0.2) is 29.5 Å². The summed E-state index contributed by atoms with van der Waals surface area (Å²) in [7, 11) is 0. The lowest BCUT2D eigenvalue weighted by molar-refractivity contribution is -0.134. The normalized spacial score (nSPS) is 28.9. The molecule has 114 valence electrons. The zero-order valence-electron chi connectivity index (χ0n) is 12.8. The minimum atomic E-state index is 0.0204. The first-order valence-electron chi connectivity index (χ1n) is 7.97. The first-order chi connectivity index (χ1) is 10.2. The molecule has 0 bridgehead atoms. The molecule has 2 saturated heterocycles. The van der Waals surface area contributed by atoms with Gasteiger partial charge in [0.15, 0.2) is 0 Å². The summed E-state index contributed by atoms with van der Waals surface area (Å²) in [6, 6.07) is 8.49. The Kier molecular flexibility index (Phi) is 4.70. The van der Waals surface area contributed by atoms with Crippen LogP contribution in [-0.2, 0) is 16.0 Å². The van der Waals surface area contributed by atoms with Crippen molar-refractivity contribution in [3.63, 3.8) is 0 Å². The third kappa shape index (κ3) is 3.70. The van der Waals surface area contributed by atoms with Gasteiger partial charge in [-0.3, -0.25) is 4.79 Å². The Morgan fingerprint density at radius 3 is 3.14 bits per heavy atom. The molecule has 3 heteroatoms. The van der Waals surface area contributed by atoms with Gasteiger partial charge < -0.3 is 4.74 Å². The van der Waals surface area contributed by atoms with Crippen LogP contribution in [0.25, 0.3) is 0 Å². The van der Waals surface area contributed by atoms with Crippen LogP contribution in [0, 0.1) is 12.8 Å². The molecule has 0 aliphatic carbocycles. The first kappa shape index (κ1) is 15.1. The number of benzene rings is 1. The number of carbonyl (C=O) groups excluding carboxylic acids is 1. The summed E-state index contributed by atoms with van der Waals surface area (Å²) in [6.45, 7) is 2.87. The summed E-state index contributed by atoms with van der Waals surface area (Å²) in [6.07, 6.45) is 4.54. The molecule has 0 saturated carbocycles. The number of hydrogen-bond donors (Lipinski definition) is 0. The van der Waals surface area contributed by atoms with Crippen molar-refractivity contribution in [2.45, 2.75) is 44.6 Å². The summed E-state index contributed by atoms with van der Waals surface area (Å²) in [5.74, 6) is 2.93. The Morgan fingerprint density at radius 1 is 1.48 bits per heavy atom. The molecule has 2 fully saturated rings. The molecule has 2 aliphatic rings. The smallest absolute Gasteiger partial charge is 0.136 e. The minimum Gasteiger partial charge on any atom is -0.374 e. The highest BCUT2D eigenvalue weighted by molar-refractivity contribution is 7.99. The molecule has 0 radical (unpaired) electrons. The molecule has 1 aromatic carbocycles. The van der Waals surface area contributed by atoms with E-state index in [4.69, 9.17) is 4.74 Å². The average molecular weight is 304 g/mol. The molecule has 0 N–H and O–H groups in total. The largest absolute Gasteiger partial charge is 0.374 e. The van der Waals surface area contributed by atoms with Gasteiger partial charge in [-0.15, -0.1) is 0 Å². The highest BCUT2D eigenvalue weighted by atomic mass is 32.2. The molecule has 0 amide bonds. The average Bonchev–Trinajstić information content (AvgIpc) is 2.93. The summed E-state index contributed by atoms with van der Waals surface area (Å²) in [4.78, 5) is 12.5. The molecule has 2 atom stereocenters. The zero-order chi connectivity index (χ0) is 14.7. The third-order valence-corrected chi connectivity index (χ3v) is 5.98. The van der Waals surface area contributed by atoms with Crippen LogP contribution < -0.4 is 0 Å². The fraction of sp³-hybridized carbons (Fsp3) is 0.611. The summed E-state index contributed by atoms with van der Waals surface area (Å²) in [5, 5.41) is 0. The van der Waals surface area contributed by atoms with E-state index in [1.165, 1.54) is 16.9 Å². The number of hydrogen-bond acceptors (Lipinski definition) is 3. The Hall–Kier alpha value is -0.800. The molecular formula is C18H24O2S. The van der Waals surface area contributed by atoms with Gasteiger partial charge in [0.25, 0.3) is 0 Å². The second-order valence-electron chi connectivity index (χ2n) is 6.48. The van der Waals surface area contributed by atoms with Crippen molar-refractivity contribution in [2.75, 3.05) is 18.1 Å². The van der Waals surface area contributed by atoms with E-state index in [-0.39, 0.29) is 11.5 Å². The quantitative estimate of drug-likeness (QED) is 0.846. The van der Waals surface area contributed by atoms with Gasteiger partial charge in [-0.05, 0) is 43.9 Å². The van der Waals surface area contributed by atoms with E-state index in [2.05, 4.69) is 31.2 Å². The van der Waals surface area contributed by atoms with Crippen LogP contribution in [0.2, 0.25) is 0 Å². The highest BCUT2D eigenvalue weighted by Crippen LogP contribution is 2.40. The number of rotatable bonds is 4. The van der Waals surface area contributed by atoms with Gasteiger partial charge in [-0.1, -0.05) is 29.8 Å². The SMILES string of the molecule is Cc1cccc(CCC(=O)C2CCOC3(CCSC3)C2)c1. The molecule has 2 unspecified atom stereocenters. The van der Waals surface area contributed by atoms with Gasteiger partial charge in [0.05, 0.1) is 5.60 Å². The van der Waals surface area contributed by atoms with Gasteiger partial charge in [0, 0.05) is 24.7 Å². The lowest BCUT2D eigenvalue weighted by Gasteiger charge is -2.37. The number of carbonyl (C=O) groups is 1. The summed E-state index contributed by atoms with van der Waals surface area (Å²) < 4.78 is 6.01. The summed E-state index contributed by atoms with van der Waals surface area (Å²) >= 11 is 1.97. The predicted octanol–water partition coefficient (Wildman–Crippen LogP) is 3.80. The minimum absolute atomic E-state index is 0.0204. The lowest BCUT2D eigenvalue weighted by atomic mass is 9.81. The van der Waals surface area contributed by atoms with Crippen molar-refractivity contribution in [3.05, 3.63) is 35.4 Å². The van der Waals surface area contributed by atoms with Crippen molar-refractivity contribution in [3.8, 4) is 0 Å². The predicted molar refractivity (Wildman–Crippen MR) is 87.9 cm³/mol. The van der Waals surface area contributed by atoms with Crippen molar-refractivity contribution < 1.29 is 9.53 Å². The van der Waals surface area contributed by atoms with Crippen LogP contribution >= 0.6 is 11.8 Å². The zero-order valence-corrected chi connectivity index (χ0v) is 13.6. The van der Waals surface area contributed by atoms with Crippen molar-refractivity contribution >= 4 is 17.5 Å². The van der Waals surface area contributed by atoms with Crippen molar-refractivity contribution in [1.82, 2.24) is 0 Å². The van der Waals surface area contributed by atoms with Gasteiger partial charge in [-0.25, -0.2) is 0 Å². The molecule has 3 rings (SSSR count). The molecule has 21 heavy (non-hydrogen) atoms. The van der Waals surface area contributed by atoms with Crippen LogP contribution in [0.1, 0.15) is 36.8 Å². The van der Waals surface area contributed by atoms with E-state index in [1.807, 2.05) is 11.8 Å². The molecular weight excluding hydrogens is 280 g/mol. The fourth-order valence-corrected chi connectivity index (χ4v) is 4.88. The van der Waals surface area contributed by atoms with Gasteiger partial charge >= 0.3 is 0 Å². The van der Waals surface area contributed by atoms with Gasteiger partial charge in [-0.2, -0.15) is 11.8 Å². The van der Waals surface area contributed by atoms with E-state index in [9.17, 15) is 4.79 Å². The molecule has 1 spiro atoms. The van der Waals surface area contributed by atoms with Gasteiger partial charge in [0.1, 0.15) is 5.78 Å². The number of ether oxygens (including phenoxy) is 1. The summed E-state index contributed by atoms with van der Waals surface area (Å²) in [5.41, 5.74) is 2.57. The number of aryl methyl sites for hydroxylation is 2. The van der Waals surface area contributed by atoms with Crippen LogP contribution in [0.3, 0.4) is 0 Å². The van der Waals surface area contributed by atoms with Crippen LogP contribution in [0.5, 0.6) is 0 Å². The second-order valence-corrected chi connectivity index (χ2v) is 7.58. The number of thioether (sulfide) groups is 1. The standard InChI is InChI=1S/C18H24O2S/c1-14-3-2-4-15(11-14)5-6-17(19)16-7-9-20-18(12-16)8-10-21-13-18/h2-4,11,16H,5-10,12-13H2,1H3. The maximum atomic E-state index is 12.5. The van der Waals surface area contributed by atoms with Gasteiger partial charge in [0.2, 0.25) is 0 Å². The molecule has 0 aromatic heterocycles. The fourth-order valence-electron chi connectivity index (χ4n) is 3.51. The Balaban J connectivity index is 1.55. The van der Waals surface area contributed by atoms with E-state index in [0.29, 0.717) is 12.2 Å². The lowest BCUT2D eigenvalue weighted by Crippen LogP contribution is -2.42. The Morgan fingerprint density at radius 2 is 2.38 bits per heavy atom. The van der Waals surface area contributed by atoms with E-state index in [0.717, 1.165) is 38.0 Å². The Labute approximate surface area is 131 Å². The monoisotopic (exact) mass is 304 g/mol. The van der Waals surface area contributed by atoms with Crippen LogP contribution in [0.15, 0.2) is 24.3 Å². The second kappa shape index (κ2) is 6.53. The van der Waals surface area contributed by atoms with Crippen LogP contribution in [0.4, 0.5) is 0 Å². The van der Waals surface area contributed by atoms with E-state index in [1.54, 1.807) is 0 Å². The van der Waals surface area contributed by atoms with E-state index >= 15 is 0 Å². The number of Topliss-reactive ketones (excluding diaryl/α,β-unsaturated/α-hetero) is 1. The topological polar surface area (TPSA) is 26.3 Å². The third-order valence-electron chi connectivity index (χ3n) is 4.76. The maximum absolute atomic E-state index is 12.5. The Bertz CT molecular complexity index is 506. The highest BCUT2D eigenvalue weighted by Gasteiger charge is 2.42. The van der Waals surface area contributed by atoms with Crippen molar-refractivity contribution in [1.29, 1.82) is 0 Å². The molecule has 2 aliphatic heterocycles. The van der Waals surface area contributed by atoms with Crippen molar-refractivity contribution in [2.24, 2.45) is 5.92 Å². The molecule has 1 aromatic rings. The molecule has 2 nitrogen and oxygen atoms in total. The number of ketones is 1. The maximum Gasteiger partial charge on any atom is 0.136 e.